The van der Waals surface area contributed by atoms with Crippen LogP contribution in [0.5, 0.6) is 0 Å². The van der Waals surface area contributed by atoms with E-state index >= 15 is 0 Å². The van der Waals surface area contributed by atoms with Crippen molar-refractivity contribution in [2.75, 3.05) is 10.6 Å². The Kier molecular flexibility index (Phi) is 10.1. The van der Waals surface area contributed by atoms with Crippen LogP contribution in [0.4, 0.5) is 11.4 Å². The number of carbonyl (C=O) groups excluding carboxylic acids is 3. The molecular formula is C34H33N3O3S. The van der Waals surface area contributed by atoms with Gasteiger partial charge in [0.25, 0.3) is 11.8 Å². The van der Waals surface area contributed by atoms with Gasteiger partial charge in [-0.25, -0.2) is 0 Å². The molecule has 6 nitrogen and oxygen atoms in total. The first kappa shape index (κ1) is 29.4. The van der Waals surface area contributed by atoms with Crippen LogP contribution in [-0.4, -0.2) is 23.0 Å². The molecule has 208 valence electrons. The van der Waals surface area contributed by atoms with E-state index in [1.807, 2.05) is 93.6 Å². The van der Waals surface area contributed by atoms with Crippen LogP contribution >= 0.6 is 11.8 Å². The van der Waals surface area contributed by atoms with E-state index < -0.39 is 5.91 Å². The molecule has 41 heavy (non-hydrogen) atoms. The smallest absolute Gasteiger partial charge is 0.272 e. The Morgan fingerprint density at radius 2 is 1.44 bits per heavy atom. The molecule has 0 fully saturated rings. The Hall–Kier alpha value is -4.62. The summed E-state index contributed by atoms with van der Waals surface area (Å²) in [5.74, 6) is -0.917. The predicted molar refractivity (Wildman–Crippen MR) is 168 cm³/mol. The maximum atomic E-state index is 13.4. The lowest BCUT2D eigenvalue weighted by molar-refractivity contribution is -0.116. The molecule has 0 aliphatic carbocycles. The molecule has 4 aromatic rings. The van der Waals surface area contributed by atoms with Crippen LogP contribution in [0.15, 0.2) is 114 Å². The van der Waals surface area contributed by atoms with Crippen LogP contribution in [0.1, 0.15) is 40.4 Å². The number of nitrogens with one attached hydrogen (secondary N) is 3. The van der Waals surface area contributed by atoms with E-state index in [0.29, 0.717) is 17.7 Å². The molecule has 0 aromatic heterocycles. The minimum atomic E-state index is -0.459. The summed E-state index contributed by atoms with van der Waals surface area (Å²) in [7, 11) is 0. The Morgan fingerprint density at radius 3 is 2.12 bits per heavy atom. The zero-order valence-corrected chi connectivity index (χ0v) is 24.1. The summed E-state index contributed by atoms with van der Waals surface area (Å²) in [5, 5.41) is 8.35. The highest BCUT2D eigenvalue weighted by Gasteiger charge is 2.19. The van der Waals surface area contributed by atoms with E-state index in [1.165, 1.54) is 17.3 Å². The molecule has 0 heterocycles. The molecule has 0 saturated carbocycles. The van der Waals surface area contributed by atoms with Gasteiger partial charge in [-0.05, 0) is 85.5 Å². The molecule has 0 radical (unpaired) electrons. The summed E-state index contributed by atoms with van der Waals surface area (Å²) in [6.07, 6.45) is 2.27. The number of hydrogen-bond acceptors (Lipinski definition) is 4. The molecule has 3 N–H and O–H groups in total. The fourth-order valence-electron chi connectivity index (χ4n) is 4.03. The van der Waals surface area contributed by atoms with Crippen LogP contribution < -0.4 is 16.0 Å². The van der Waals surface area contributed by atoms with Gasteiger partial charge in [-0.15, -0.1) is 11.8 Å². The van der Waals surface area contributed by atoms with Gasteiger partial charge < -0.3 is 16.0 Å². The summed E-state index contributed by atoms with van der Waals surface area (Å²) in [5.41, 5.74) is 4.95. The number of amides is 3. The van der Waals surface area contributed by atoms with Crippen molar-refractivity contribution in [2.45, 2.75) is 37.3 Å². The number of benzene rings is 4. The van der Waals surface area contributed by atoms with Gasteiger partial charge in [0, 0.05) is 21.8 Å². The third-order valence-electron chi connectivity index (χ3n) is 6.45. The molecule has 1 unspecified atom stereocenters. The van der Waals surface area contributed by atoms with E-state index in [9.17, 15) is 14.4 Å². The van der Waals surface area contributed by atoms with E-state index in [4.69, 9.17) is 0 Å². The van der Waals surface area contributed by atoms with Crippen molar-refractivity contribution < 1.29 is 14.4 Å². The first-order chi connectivity index (χ1) is 19.8. The second-order valence-corrected chi connectivity index (χ2v) is 10.8. The largest absolute Gasteiger partial charge is 0.325 e. The topological polar surface area (TPSA) is 87.3 Å². The van der Waals surface area contributed by atoms with Crippen LogP contribution in [-0.2, 0) is 9.59 Å². The average Bonchev–Trinajstić information content (AvgIpc) is 2.98. The molecule has 0 bridgehead atoms. The molecule has 7 heteroatoms. The highest BCUT2D eigenvalue weighted by molar-refractivity contribution is 8.00. The van der Waals surface area contributed by atoms with Crippen LogP contribution in [0, 0.1) is 13.8 Å². The molecule has 0 spiro atoms. The highest BCUT2D eigenvalue weighted by atomic mass is 32.2. The van der Waals surface area contributed by atoms with Gasteiger partial charge in [-0.1, -0.05) is 67.6 Å². The van der Waals surface area contributed by atoms with Gasteiger partial charge in [-0.3, -0.25) is 14.4 Å². The van der Waals surface area contributed by atoms with Crippen molar-refractivity contribution in [1.29, 1.82) is 0 Å². The van der Waals surface area contributed by atoms with Crippen LogP contribution in [0.3, 0.4) is 0 Å². The monoisotopic (exact) mass is 563 g/mol. The molecule has 0 aliphatic heterocycles. The van der Waals surface area contributed by atoms with Gasteiger partial charge in [-0.2, -0.15) is 0 Å². The lowest BCUT2D eigenvalue weighted by Gasteiger charge is -2.16. The summed E-state index contributed by atoms with van der Waals surface area (Å²) >= 11 is 1.44. The van der Waals surface area contributed by atoms with Crippen molar-refractivity contribution in [2.24, 2.45) is 0 Å². The Balaban J connectivity index is 1.48. The van der Waals surface area contributed by atoms with Crippen LogP contribution in [0.2, 0.25) is 0 Å². The van der Waals surface area contributed by atoms with Crippen molar-refractivity contribution in [3.05, 3.63) is 131 Å². The zero-order valence-electron chi connectivity index (χ0n) is 23.3. The number of hydrogen-bond donors (Lipinski definition) is 3. The third-order valence-corrected chi connectivity index (χ3v) is 7.81. The molecule has 4 rings (SSSR count). The number of aryl methyl sites for hydroxylation is 2. The SMILES string of the molecule is CCC(Sc1cccc(NC(=O)/C(=C/c2ccccc2)NC(=O)c2ccccc2)c1)C(=O)Nc1ccc(C)c(C)c1. The standard InChI is InChI=1S/C34H33N3O3S/c1-4-31(34(40)36-28-19-18-23(2)24(3)20-28)41-29-17-11-16-27(22-29)35-33(39)30(21-25-12-7-5-8-13-25)37-32(38)26-14-9-6-10-15-26/h5-22,31H,4H2,1-3H3,(H,35,39)(H,36,40)(H,37,38)/b30-21-. The summed E-state index contributed by atoms with van der Waals surface area (Å²) in [6, 6.07) is 31.3. The highest BCUT2D eigenvalue weighted by Crippen LogP contribution is 2.29. The first-order valence-electron chi connectivity index (χ1n) is 13.4. The first-order valence-corrected chi connectivity index (χ1v) is 14.3. The second kappa shape index (κ2) is 14.1. The number of thioether (sulfide) groups is 1. The van der Waals surface area contributed by atoms with Gasteiger partial charge in [0.1, 0.15) is 5.70 Å². The number of rotatable bonds is 10. The summed E-state index contributed by atoms with van der Waals surface area (Å²) in [6.45, 7) is 6.03. The van der Waals surface area contributed by atoms with Crippen molar-refractivity contribution in [3.63, 3.8) is 0 Å². The molecule has 4 aromatic carbocycles. The van der Waals surface area contributed by atoms with Crippen LogP contribution in [0.25, 0.3) is 6.08 Å². The Bertz CT molecular complexity index is 1550. The number of carbonyl (C=O) groups is 3. The quantitative estimate of drug-likeness (QED) is 0.140. The van der Waals surface area contributed by atoms with Crippen molar-refractivity contribution in [3.8, 4) is 0 Å². The van der Waals surface area contributed by atoms with Crippen molar-refractivity contribution >= 4 is 46.9 Å². The van der Waals surface area contributed by atoms with Gasteiger partial charge in [0.15, 0.2) is 0 Å². The second-order valence-electron chi connectivity index (χ2n) is 9.57. The van der Waals surface area contributed by atoms with E-state index in [2.05, 4.69) is 16.0 Å². The maximum Gasteiger partial charge on any atom is 0.272 e. The Morgan fingerprint density at radius 1 is 0.756 bits per heavy atom. The minimum Gasteiger partial charge on any atom is -0.325 e. The van der Waals surface area contributed by atoms with Gasteiger partial charge >= 0.3 is 0 Å². The molecule has 1 atom stereocenters. The third kappa shape index (κ3) is 8.43. The fourth-order valence-corrected chi connectivity index (χ4v) is 5.05. The normalized spacial score (nSPS) is 11.8. The van der Waals surface area contributed by atoms with E-state index in [-0.39, 0.29) is 22.8 Å². The predicted octanol–water partition coefficient (Wildman–Crippen LogP) is 7.22. The summed E-state index contributed by atoms with van der Waals surface area (Å²) in [4.78, 5) is 40.1. The van der Waals surface area contributed by atoms with Gasteiger partial charge in [0.2, 0.25) is 5.91 Å². The lowest BCUT2D eigenvalue weighted by atomic mass is 10.1. The zero-order chi connectivity index (χ0) is 29.2. The maximum absolute atomic E-state index is 13.4. The summed E-state index contributed by atoms with van der Waals surface area (Å²) < 4.78 is 0. The number of anilines is 2. The van der Waals surface area contributed by atoms with E-state index in [1.54, 1.807) is 36.4 Å². The molecule has 3 amide bonds. The van der Waals surface area contributed by atoms with Gasteiger partial charge in [0.05, 0.1) is 5.25 Å². The minimum absolute atomic E-state index is 0.0769. The molecule has 0 saturated heterocycles. The molecule has 0 aliphatic rings. The lowest BCUT2D eigenvalue weighted by Crippen LogP contribution is -2.30. The average molecular weight is 564 g/mol. The van der Waals surface area contributed by atoms with E-state index in [0.717, 1.165) is 21.7 Å². The van der Waals surface area contributed by atoms with Crippen molar-refractivity contribution in [1.82, 2.24) is 5.32 Å². The fraction of sp³-hybridized carbons (Fsp3) is 0.147. The molecular weight excluding hydrogens is 530 g/mol. The Labute approximate surface area is 245 Å².